The number of benzene rings is 3. The Labute approximate surface area is 146 Å². The van der Waals surface area contributed by atoms with Crippen LogP contribution in [0.5, 0.6) is 0 Å². The summed E-state index contributed by atoms with van der Waals surface area (Å²) in [5.41, 5.74) is 1.87. The van der Waals surface area contributed by atoms with E-state index >= 15 is 0 Å². The van der Waals surface area contributed by atoms with E-state index in [4.69, 9.17) is 4.42 Å². The zero-order chi connectivity index (χ0) is 14.8. The molecule has 22 heavy (non-hydrogen) atoms. The van der Waals surface area contributed by atoms with Crippen molar-refractivity contribution >= 4 is 85.3 Å². The van der Waals surface area contributed by atoms with E-state index in [0.29, 0.717) is 0 Å². The Morgan fingerprint density at radius 3 is 2.18 bits per heavy atom. The third-order valence-electron chi connectivity index (χ3n) is 3.99. The van der Waals surface area contributed by atoms with Crippen molar-refractivity contribution in [2.24, 2.45) is 0 Å². The van der Waals surface area contributed by atoms with E-state index in [2.05, 4.69) is 74.3 Å². The normalized spacial score (nSPS) is 12.1. The molecule has 0 unspecified atom stereocenters. The molecule has 0 bridgehead atoms. The Morgan fingerprint density at radius 2 is 1.32 bits per heavy atom. The lowest BCUT2D eigenvalue weighted by atomic mass is 10.1. The monoisotopic (exact) mass is 430 g/mol. The van der Waals surface area contributed by atoms with Crippen LogP contribution in [0.15, 0.2) is 61.9 Å². The second-order valence-corrected chi connectivity index (χ2v) is 8.24. The molecule has 2 aromatic heterocycles. The Bertz CT molecular complexity index is 1100. The van der Waals surface area contributed by atoms with Gasteiger partial charge < -0.3 is 4.42 Å². The van der Waals surface area contributed by atoms with Gasteiger partial charge in [-0.25, -0.2) is 0 Å². The highest BCUT2D eigenvalue weighted by molar-refractivity contribution is 9.10. The van der Waals surface area contributed by atoms with E-state index < -0.39 is 0 Å². The summed E-state index contributed by atoms with van der Waals surface area (Å²) in [6.45, 7) is 0. The molecule has 0 aliphatic rings. The predicted octanol–water partition coefficient (Wildman–Crippen LogP) is 7.48. The first-order valence-electron chi connectivity index (χ1n) is 6.83. The summed E-state index contributed by atoms with van der Waals surface area (Å²) >= 11 is 8.88. The summed E-state index contributed by atoms with van der Waals surface area (Å²) in [7, 11) is 0. The van der Waals surface area contributed by atoms with Crippen molar-refractivity contribution in [2.75, 3.05) is 0 Å². The van der Waals surface area contributed by atoms with Crippen LogP contribution in [-0.2, 0) is 0 Å². The highest BCUT2D eigenvalue weighted by atomic mass is 79.9. The van der Waals surface area contributed by atoms with Crippen LogP contribution < -0.4 is 0 Å². The molecule has 5 aromatic rings. The fourth-order valence-corrected chi connectivity index (χ4v) is 5.01. The molecule has 0 radical (unpaired) electrons. The molecule has 3 aromatic carbocycles. The Hall–Kier alpha value is -1.36. The van der Waals surface area contributed by atoms with Gasteiger partial charge in [-0.2, -0.15) is 0 Å². The van der Waals surface area contributed by atoms with Crippen molar-refractivity contribution in [1.82, 2.24) is 0 Å². The maximum absolute atomic E-state index is 6.05. The molecule has 5 rings (SSSR count). The lowest BCUT2D eigenvalue weighted by Crippen LogP contribution is -1.69. The highest BCUT2D eigenvalue weighted by Crippen LogP contribution is 2.40. The molecule has 0 fully saturated rings. The van der Waals surface area contributed by atoms with Crippen LogP contribution in [0.4, 0.5) is 0 Å². The molecule has 0 N–H and O–H groups in total. The van der Waals surface area contributed by atoms with Crippen LogP contribution in [0.2, 0.25) is 0 Å². The lowest BCUT2D eigenvalue weighted by molar-refractivity contribution is 0.669. The van der Waals surface area contributed by atoms with Gasteiger partial charge in [0, 0.05) is 39.9 Å². The van der Waals surface area contributed by atoms with Crippen molar-refractivity contribution in [3.8, 4) is 0 Å². The van der Waals surface area contributed by atoms with Gasteiger partial charge in [-0.1, -0.05) is 37.9 Å². The van der Waals surface area contributed by atoms with Gasteiger partial charge in [-0.15, -0.1) is 11.3 Å². The number of hydrogen-bond acceptors (Lipinski definition) is 2. The zero-order valence-corrected chi connectivity index (χ0v) is 15.2. The molecule has 0 saturated heterocycles. The predicted molar refractivity (Wildman–Crippen MR) is 102 cm³/mol. The summed E-state index contributed by atoms with van der Waals surface area (Å²) < 4.78 is 10.8. The minimum atomic E-state index is 0.925. The number of furan rings is 1. The SMILES string of the molecule is Brc1ccc2c(c1)oc1cc3c(cc12)sc1cc(Br)ccc13. The van der Waals surface area contributed by atoms with E-state index in [0.717, 1.165) is 20.1 Å². The summed E-state index contributed by atoms with van der Waals surface area (Å²) in [5.74, 6) is 0. The Balaban J connectivity index is 1.97. The van der Waals surface area contributed by atoms with Crippen LogP contribution >= 0.6 is 43.2 Å². The number of rotatable bonds is 0. The number of thiophene rings is 1. The minimum Gasteiger partial charge on any atom is -0.456 e. The van der Waals surface area contributed by atoms with E-state index in [1.54, 1.807) is 0 Å². The molecule has 0 spiro atoms. The minimum absolute atomic E-state index is 0.925. The molecule has 0 saturated carbocycles. The van der Waals surface area contributed by atoms with Gasteiger partial charge in [0.2, 0.25) is 0 Å². The third-order valence-corrected chi connectivity index (χ3v) is 6.09. The third kappa shape index (κ3) is 1.81. The fourth-order valence-electron chi connectivity index (χ4n) is 2.99. The first-order valence-corrected chi connectivity index (χ1v) is 9.23. The molecular weight excluding hydrogens is 424 g/mol. The zero-order valence-electron chi connectivity index (χ0n) is 11.2. The average Bonchev–Trinajstić information content (AvgIpc) is 3.00. The van der Waals surface area contributed by atoms with Gasteiger partial charge in [-0.3, -0.25) is 0 Å². The number of fused-ring (bicyclic) bond motifs is 6. The fraction of sp³-hybridized carbons (Fsp3) is 0. The molecule has 1 nitrogen and oxygen atoms in total. The van der Waals surface area contributed by atoms with E-state index in [1.165, 1.54) is 30.9 Å². The molecule has 0 atom stereocenters. The molecule has 0 amide bonds. The maximum atomic E-state index is 6.05. The van der Waals surface area contributed by atoms with Gasteiger partial charge in [0.1, 0.15) is 11.2 Å². The molecule has 0 aliphatic carbocycles. The van der Waals surface area contributed by atoms with E-state index in [-0.39, 0.29) is 0 Å². The smallest absolute Gasteiger partial charge is 0.136 e. The van der Waals surface area contributed by atoms with Crippen LogP contribution in [0, 0.1) is 0 Å². The van der Waals surface area contributed by atoms with Crippen LogP contribution in [-0.4, -0.2) is 0 Å². The molecule has 2 heterocycles. The summed E-state index contributed by atoms with van der Waals surface area (Å²) in [6, 6.07) is 17.1. The van der Waals surface area contributed by atoms with Crippen molar-refractivity contribution in [3.63, 3.8) is 0 Å². The van der Waals surface area contributed by atoms with Crippen molar-refractivity contribution in [2.45, 2.75) is 0 Å². The van der Waals surface area contributed by atoms with Crippen molar-refractivity contribution in [1.29, 1.82) is 0 Å². The first kappa shape index (κ1) is 13.1. The van der Waals surface area contributed by atoms with Gasteiger partial charge in [-0.05, 0) is 42.5 Å². The summed E-state index contributed by atoms with van der Waals surface area (Å²) in [6.07, 6.45) is 0. The maximum Gasteiger partial charge on any atom is 0.136 e. The lowest BCUT2D eigenvalue weighted by Gasteiger charge is -1.93. The van der Waals surface area contributed by atoms with Gasteiger partial charge in [0.15, 0.2) is 0 Å². The second kappa shape index (κ2) is 4.57. The first-order chi connectivity index (χ1) is 10.7. The van der Waals surface area contributed by atoms with E-state index in [9.17, 15) is 0 Å². The standard InChI is InChI=1S/C18H8Br2OS/c19-9-1-3-11-13-8-18-14(7-16(13)21-15(11)5-9)12-4-2-10(20)6-17(12)22-18/h1-8H. The van der Waals surface area contributed by atoms with Crippen LogP contribution in [0.3, 0.4) is 0 Å². The molecule has 106 valence electrons. The molecule has 4 heteroatoms. The number of hydrogen-bond donors (Lipinski definition) is 0. The summed E-state index contributed by atoms with van der Waals surface area (Å²) in [5, 5.41) is 4.89. The van der Waals surface area contributed by atoms with Crippen LogP contribution in [0.1, 0.15) is 0 Å². The van der Waals surface area contributed by atoms with Crippen molar-refractivity contribution in [3.05, 3.63) is 57.5 Å². The summed E-state index contributed by atoms with van der Waals surface area (Å²) in [4.78, 5) is 0. The Morgan fingerprint density at radius 1 is 0.636 bits per heavy atom. The highest BCUT2D eigenvalue weighted by Gasteiger charge is 2.12. The quantitative estimate of drug-likeness (QED) is 0.247. The number of halogens is 2. The van der Waals surface area contributed by atoms with Crippen LogP contribution in [0.25, 0.3) is 42.1 Å². The van der Waals surface area contributed by atoms with E-state index in [1.807, 2.05) is 17.4 Å². The van der Waals surface area contributed by atoms with Gasteiger partial charge in [0.05, 0.1) is 0 Å². The van der Waals surface area contributed by atoms with Crippen molar-refractivity contribution < 1.29 is 4.42 Å². The topological polar surface area (TPSA) is 13.1 Å². The second-order valence-electron chi connectivity index (χ2n) is 5.33. The molecular formula is C18H8Br2OS. The average molecular weight is 432 g/mol. The molecule has 0 aliphatic heterocycles. The largest absolute Gasteiger partial charge is 0.456 e. The van der Waals surface area contributed by atoms with Gasteiger partial charge in [0.25, 0.3) is 0 Å². The van der Waals surface area contributed by atoms with Gasteiger partial charge >= 0.3 is 0 Å². The Kier molecular flexibility index (Phi) is 2.72.